The van der Waals surface area contributed by atoms with Crippen LogP contribution in [0, 0.1) is 0 Å². The summed E-state index contributed by atoms with van der Waals surface area (Å²) >= 11 is 5.98. The van der Waals surface area contributed by atoms with Crippen molar-refractivity contribution in [2.75, 3.05) is 18.9 Å². The van der Waals surface area contributed by atoms with E-state index in [-0.39, 0.29) is 11.3 Å². The largest absolute Gasteiger partial charge is 0.368 e. The number of benzene rings is 1. The van der Waals surface area contributed by atoms with Crippen LogP contribution in [-0.2, 0) is 5.41 Å². The third-order valence-corrected chi connectivity index (χ3v) is 4.75. The Hall–Kier alpha value is -2.14. The van der Waals surface area contributed by atoms with Crippen LogP contribution in [-0.4, -0.2) is 29.7 Å². The van der Waals surface area contributed by atoms with Crippen LogP contribution in [0.2, 0.25) is 5.02 Å². The maximum Gasteiger partial charge on any atom is 0.271 e. The predicted molar refractivity (Wildman–Crippen MR) is 90.9 cm³/mol. The zero-order valence-corrected chi connectivity index (χ0v) is 13.7. The van der Waals surface area contributed by atoms with Crippen molar-refractivity contribution in [1.82, 2.24) is 15.5 Å². The number of rotatable bonds is 5. The minimum Gasteiger partial charge on any atom is -0.368 e. The van der Waals surface area contributed by atoms with Gasteiger partial charge in [-0.3, -0.25) is 4.79 Å². The summed E-state index contributed by atoms with van der Waals surface area (Å²) in [5, 5.41) is 14.6. The van der Waals surface area contributed by atoms with Gasteiger partial charge in [0.05, 0.1) is 0 Å². The molecule has 23 heavy (non-hydrogen) atoms. The molecule has 1 aliphatic carbocycles. The third kappa shape index (κ3) is 3.29. The Labute approximate surface area is 140 Å². The van der Waals surface area contributed by atoms with Gasteiger partial charge in [0.1, 0.15) is 5.82 Å². The van der Waals surface area contributed by atoms with Crippen molar-refractivity contribution in [2.45, 2.75) is 24.7 Å². The molecule has 1 aliphatic rings. The van der Waals surface area contributed by atoms with Crippen molar-refractivity contribution < 1.29 is 4.79 Å². The zero-order valence-electron chi connectivity index (χ0n) is 13.0. The highest BCUT2D eigenvalue weighted by Crippen LogP contribution is 2.43. The highest BCUT2D eigenvalue weighted by atomic mass is 35.5. The lowest BCUT2D eigenvalue weighted by atomic mass is 9.64. The fourth-order valence-electron chi connectivity index (χ4n) is 2.91. The van der Waals surface area contributed by atoms with Gasteiger partial charge in [0, 0.05) is 24.0 Å². The van der Waals surface area contributed by atoms with Crippen molar-refractivity contribution in [3.63, 3.8) is 0 Å². The van der Waals surface area contributed by atoms with Crippen LogP contribution in [0.4, 0.5) is 5.82 Å². The molecule has 3 rings (SSSR count). The molecular formula is C17H19ClN4O. The normalized spacial score (nSPS) is 15.6. The summed E-state index contributed by atoms with van der Waals surface area (Å²) in [6.07, 6.45) is 3.52. The van der Waals surface area contributed by atoms with E-state index in [0.29, 0.717) is 11.5 Å². The molecule has 5 nitrogen and oxygen atoms in total. The molecule has 2 N–H and O–H groups in total. The average molecular weight is 331 g/mol. The fraction of sp³-hybridized carbons (Fsp3) is 0.353. The van der Waals surface area contributed by atoms with Crippen molar-refractivity contribution >= 4 is 23.3 Å². The highest BCUT2D eigenvalue weighted by molar-refractivity contribution is 6.30. The number of nitrogens with zero attached hydrogens (tertiary/aromatic N) is 2. The Morgan fingerprint density at radius 1 is 1.17 bits per heavy atom. The second-order valence-corrected chi connectivity index (χ2v) is 6.31. The number of amides is 1. The quantitative estimate of drug-likeness (QED) is 0.884. The molecule has 0 saturated heterocycles. The summed E-state index contributed by atoms with van der Waals surface area (Å²) in [7, 11) is 1.57. The lowest BCUT2D eigenvalue weighted by Crippen LogP contribution is -2.41. The van der Waals surface area contributed by atoms with Crippen LogP contribution in [0.3, 0.4) is 0 Å². The highest BCUT2D eigenvalue weighted by Gasteiger charge is 2.38. The molecule has 0 atom stereocenters. The summed E-state index contributed by atoms with van der Waals surface area (Å²) in [6.45, 7) is 0.794. The van der Waals surface area contributed by atoms with Gasteiger partial charge >= 0.3 is 0 Å². The summed E-state index contributed by atoms with van der Waals surface area (Å²) < 4.78 is 0. The van der Waals surface area contributed by atoms with E-state index in [1.807, 2.05) is 12.1 Å². The number of nitrogens with one attached hydrogen (secondary N) is 2. The second-order valence-electron chi connectivity index (χ2n) is 5.88. The van der Waals surface area contributed by atoms with Crippen LogP contribution in [0.15, 0.2) is 36.4 Å². The standard InChI is InChI=1S/C17H19ClN4O/c1-19-16(23)14-7-8-15(22-21-14)20-11-17(9-2-10-17)12-3-5-13(18)6-4-12/h3-8H,2,9-11H2,1H3,(H,19,23)(H,20,22). The predicted octanol–water partition coefficient (Wildman–Crippen LogP) is 3.02. The fourth-order valence-corrected chi connectivity index (χ4v) is 3.04. The van der Waals surface area contributed by atoms with E-state index in [1.54, 1.807) is 19.2 Å². The smallest absolute Gasteiger partial charge is 0.271 e. The van der Waals surface area contributed by atoms with E-state index in [9.17, 15) is 4.79 Å². The number of anilines is 1. The van der Waals surface area contributed by atoms with E-state index in [2.05, 4.69) is 33.0 Å². The molecule has 0 radical (unpaired) electrons. The number of halogens is 1. The van der Waals surface area contributed by atoms with Gasteiger partial charge in [-0.05, 0) is 42.7 Å². The minimum absolute atomic E-state index is 0.131. The Kier molecular flexibility index (Phi) is 4.48. The summed E-state index contributed by atoms with van der Waals surface area (Å²) in [4.78, 5) is 11.5. The van der Waals surface area contributed by atoms with Crippen LogP contribution in [0.1, 0.15) is 35.3 Å². The zero-order chi connectivity index (χ0) is 16.3. The molecule has 1 aromatic heterocycles. The maximum atomic E-state index is 11.5. The number of aromatic nitrogens is 2. The van der Waals surface area contributed by atoms with Gasteiger partial charge in [-0.1, -0.05) is 30.2 Å². The summed E-state index contributed by atoms with van der Waals surface area (Å²) in [5.41, 5.74) is 1.75. The molecule has 0 spiro atoms. The molecule has 0 aliphatic heterocycles. The SMILES string of the molecule is CNC(=O)c1ccc(NCC2(c3ccc(Cl)cc3)CCC2)nn1. The molecule has 1 saturated carbocycles. The lowest BCUT2D eigenvalue weighted by Gasteiger charge is -2.42. The van der Waals surface area contributed by atoms with Gasteiger partial charge < -0.3 is 10.6 Å². The van der Waals surface area contributed by atoms with Crippen molar-refractivity contribution in [3.05, 3.63) is 52.7 Å². The number of hydrogen-bond donors (Lipinski definition) is 2. The number of carbonyl (C=O) groups excluding carboxylic acids is 1. The first-order valence-electron chi connectivity index (χ1n) is 7.69. The molecular weight excluding hydrogens is 312 g/mol. The molecule has 1 aromatic carbocycles. The summed E-state index contributed by atoms with van der Waals surface area (Å²) in [5.74, 6) is 0.443. The first kappa shape index (κ1) is 15.7. The second kappa shape index (κ2) is 6.54. The van der Waals surface area contributed by atoms with Gasteiger partial charge in [0.2, 0.25) is 0 Å². The van der Waals surface area contributed by atoms with Crippen LogP contribution in [0.25, 0.3) is 0 Å². The van der Waals surface area contributed by atoms with Crippen molar-refractivity contribution in [1.29, 1.82) is 0 Å². The van der Waals surface area contributed by atoms with Crippen LogP contribution in [0.5, 0.6) is 0 Å². The molecule has 1 fully saturated rings. The Morgan fingerprint density at radius 2 is 1.91 bits per heavy atom. The lowest BCUT2D eigenvalue weighted by molar-refractivity contribution is 0.0957. The monoisotopic (exact) mass is 330 g/mol. The molecule has 120 valence electrons. The van der Waals surface area contributed by atoms with Crippen LogP contribution >= 0.6 is 11.6 Å². The van der Waals surface area contributed by atoms with E-state index >= 15 is 0 Å². The van der Waals surface area contributed by atoms with E-state index in [0.717, 1.165) is 24.4 Å². The van der Waals surface area contributed by atoms with Gasteiger partial charge in [-0.25, -0.2) is 0 Å². The Morgan fingerprint density at radius 3 is 2.43 bits per heavy atom. The molecule has 1 amide bonds. The molecule has 6 heteroatoms. The van der Waals surface area contributed by atoms with E-state index < -0.39 is 0 Å². The topological polar surface area (TPSA) is 66.9 Å². The third-order valence-electron chi connectivity index (χ3n) is 4.50. The minimum atomic E-state index is -0.235. The Bertz CT molecular complexity index is 681. The van der Waals surface area contributed by atoms with E-state index in [4.69, 9.17) is 11.6 Å². The first-order chi connectivity index (χ1) is 11.1. The van der Waals surface area contributed by atoms with Gasteiger partial charge in [-0.2, -0.15) is 0 Å². The van der Waals surface area contributed by atoms with E-state index in [1.165, 1.54) is 12.0 Å². The Balaban J connectivity index is 1.68. The van der Waals surface area contributed by atoms with Gasteiger partial charge in [-0.15, -0.1) is 10.2 Å². The maximum absolute atomic E-state index is 11.5. The summed E-state index contributed by atoms with van der Waals surface area (Å²) in [6, 6.07) is 11.5. The molecule has 1 heterocycles. The van der Waals surface area contributed by atoms with Crippen molar-refractivity contribution in [3.8, 4) is 0 Å². The molecule has 0 bridgehead atoms. The number of hydrogen-bond acceptors (Lipinski definition) is 4. The van der Waals surface area contributed by atoms with Crippen molar-refractivity contribution in [2.24, 2.45) is 0 Å². The number of carbonyl (C=O) groups is 1. The van der Waals surface area contributed by atoms with Crippen LogP contribution < -0.4 is 10.6 Å². The molecule has 2 aromatic rings. The van der Waals surface area contributed by atoms with Gasteiger partial charge in [0.25, 0.3) is 5.91 Å². The van der Waals surface area contributed by atoms with Gasteiger partial charge in [0.15, 0.2) is 5.69 Å². The first-order valence-corrected chi connectivity index (χ1v) is 8.06. The molecule has 0 unspecified atom stereocenters. The average Bonchev–Trinajstić information content (AvgIpc) is 2.55.